The average Bonchev–Trinajstić information content (AvgIpc) is 2.83. The molecule has 0 aromatic carbocycles. The number of ether oxygens (including phenoxy) is 1. The molecule has 4 heteroatoms. The van der Waals surface area contributed by atoms with Gasteiger partial charge in [0, 0.05) is 13.1 Å². The summed E-state index contributed by atoms with van der Waals surface area (Å²) in [5.41, 5.74) is 0. The number of hydrogen-bond donors (Lipinski definition) is 0. The Labute approximate surface area is 99.3 Å². The summed E-state index contributed by atoms with van der Waals surface area (Å²) in [4.78, 5) is 13.5. The lowest BCUT2D eigenvalue weighted by atomic mass is 10.3. The molecular formula is C11H18BrNO2. The van der Waals surface area contributed by atoms with Crippen molar-refractivity contribution in [1.82, 2.24) is 4.90 Å². The maximum absolute atomic E-state index is 11.6. The van der Waals surface area contributed by atoms with Crippen LogP contribution in [0.5, 0.6) is 0 Å². The van der Waals surface area contributed by atoms with Crippen LogP contribution in [0.15, 0.2) is 0 Å². The fourth-order valence-electron chi connectivity index (χ4n) is 2.31. The summed E-state index contributed by atoms with van der Waals surface area (Å²) in [6, 6.07) is 0. The smallest absolute Gasteiger partial charge is 0.236 e. The van der Waals surface area contributed by atoms with E-state index in [0.717, 1.165) is 19.5 Å². The molecule has 3 nitrogen and oxygen atoms in total. The summed E-state index contributed by atoms with van der Waals surface area (Å²) < 4.78 is 5.74. The molecule has 0 aromatic heterocycles. The van der Waals surface area contributed by atoms with Gasteiger partial charge in [-0.3, -0.25) is 4.79 Å². The van der Waals surface area contributed by atoms with E-state index in [9.17, 15) is 4.79 Å². The van der Waals surface area contributed by atoms with Crippen LogP contribution in [0.2, 0.25) is 0 Å². The minimum absolute atomic E-state index is 0.0454. The van der Waals surface area contributed by atoms with Gasteiger partial charge in [-0.05, 0) is 19.3 Å². The van der Waals surface area contributed by atoms with Crippen LogP contribution in [-0.4, -0.2) is 41.4 Å². The van der Waals surface area contributed by atoms with Gasteiger partial charge in [-0.25, -0.2) is 0 Å². The van der Waals surface area contributed by atoms with Crippen LogP contribution in [-0.2, 0) is 9.53 Å². The number of amides is 1. The molecule has 1 aliphatic carbocycles. The Morgan fingerprint density at radius 1 is 1.33 bits per heavy atom. The Kier molecular flexibility index (Phi) is 4.03. The van der Waals surface area contributed by atoms with E-state index in [4.69, 9.17) is 4.74 Å². The molecular weight excluding hydrogens is 258 g/mol. The number of carbonyl (C=O) groups excluding carboxylic acids is 1. The fraction of sp³-hybridized carbons (Fsp3) is 0.909. The van der Waals surface area contributed by atoms with E-state index in [0.29, 0.717) is 12.7 Å². The molecule has 0 spiro atoms. The molecule has 1 heterocycles. The SMILES string of the molecule is O=C1C(Br)CCN1CCOC1CCCC1. The van der Waals surface area contributed by atoms with Crippen molar-refractivity contribution in [2.75, 3.05) is 19.7 Å². The Hall–Kier alpha value is -0.0900. The molecule has 2 rings (SSSR count). The van der Waals surface area contributed by atoms with Crippen LogP contribution >= 0.6 is 15.9 Å². The zero-order chi connectivity index (χ0) is 10.7. The number of halogens is 1. The van der Waals surface area contributed by atoms with Crippen molar-refractivity contribution >= 4 is 21.8 Å². The van der Waals surface area contributed by atoms with E-state index in [1.54, 1.807) is 0 Å². The van der Waals surface area contributed by atoms with Crippen molar-refractivity contribution in [3.8, 4) is 0 Å². The maximum atomic E-state index is 11.6. The minimum atomic E-state index is 0.0454. The Bertz CT molecular complexity index is 229. The highest BCUT2D eigenvalue weighted by molar-refractivity contribution is 9.10. The van der Waals surface area contributed by atoms with Gasteiger partial charge < -0.3 is 9.64 Å². The largest absolute Gasteiger partial charge is 0.376 e. The van der Waals surface area contributed by atoms with Crippen LogP contribution in [0.25, 0.3) is 0 Å². The summed E-state index contributed by atoms with van der Waals surface area (Å²) in [6.07, 6.45) is 6.40. The predicted molar refractivity (Wildman–Crippen MR) is 62.1 cm³/mol. The number of hydrogen-bond acceptors (Lipinski definition) is 2. The van der Waals surface area contributed by atoms with Crippen LogP contribution < -0.4 is 0 Å². The number of likely N-dealkylation sites (tertiary alicyclic amines) is 1. The Morgan fingerprint density at radius 3 is 2.67 bits per heavy atom. The molecule has 0 radical (unpaired) electrons. The summed E-state index contributed by atoms with van der Waals surface area (Å²) in [5, 5.41) is 0. The molecule has 1 saturated carbocycles. The second-order valence-electron chi connectivity index (χ2n) is 4.36. The second-order valence-corrected chi connectivity index (χ2v) is 5.46. The van der Waals surface area contributed by atoms with Crippen molar-refractivity contribution in [3.63, 3.8) is 0 Å². The molecule has 86 valence electrons. The van der Waals surface area contributed by atoms with Crippen LogP contribution in [0.1, 0.15) is 32.1 Å². The Morgan fingerprint density at radius 2 is 2.07 bits per heavy atom. The number of alkyl halides is 1. The maximum Gasteiger partial charge on any atom is 0.236 e. The van der Waals surface area contributed by atoms with Gasteiger partial charge >= 0.3 is 0 Å². The highest BCUT2D eigenvalue weighted by atomic mass is 79.9. The molecule has 1 saturated heterocycles. The number of nitrogens with zero attached hydrogens (tertiary/aromatic N) is 1. The van der Waals surface area contributed by atoms with Gasteiger partial charge in [0.25, 0.3) is 0 Å². The van der Waals surface area contributed by atoms with Gasteiger partial charge in [0.1, 0.15) is 0 Å². The second kappa shape index (κ2) is 5.30. The first-order chi connectivity index (χ1) is 7.27. The zero-order valence-corrected chi connectivity index (χ0v) is 10.5. The first kappa shape index (κ1) is 11.4. The summed E-state index contributed by atoms with van der Waals surface area (Å²) >= 11 is 3.37. The normalized spacial score (nSPS) is 27.9. The van der Waals surface area contributed by atoms with Crippen molar-refractivity contribution in [2.24, 2.45) is 0 Å². The molecule has 15 heavy (non-hydrogen) atoms. The predicted octanol–water partition coefficient (Wildman–Crippen LogP) is 1.94. The van der Waals surface area contributed by atoms with Crippen LogP contribution in [0.3, 0.4) is 0 Å². The molecule has 1 unspecified atom stereocenters. The van der Waals surface area contributed by atoms with E-state index in [1.807, 2.05) is 4.90 Å². The quantitative estimate of drug-likeness (QED) is 0.734. The lowest BCUT2D eigenvalue weighted by Gasteiger charge is -2.17. The zero-order valence-electron chi connectivity index (χ0n) is 8.95. The van der Waals surface area contributed by atoms with Gasteiger partial charge in [0.05, 0.1) is 17.5 Å². The third-order valence-electron chi connectivity index (χ3n) is 3.25. The van der Waals surface area contributed by atoms with Gasteiger partial charge in [0.15, 0.2) is 0 Å². The third kappa shape index (κ3) is 2.94. The molecule has 1 atom stereocenters. The van der Waals surface area contributed by atoms with Crippen LogP contribution in [0, 0.1) is 0 Å². The molecule has 1 amide bonds. The van der Waals surface area contributed by atoms with E-state index in [1.165, 1.54) is 25.7 Å². The monoisotopic (exact) mass is 275 g/mol. The van der Waals surface area contributed by atoms with Gasteiger partial charge in [-0.1, -0.05) is 28.8 Å². The third-order valence-corrected chi connectivity index (χ3v) is 4.10. The molecule has 1 aliphatic heterocycles. The van der Waals surface area contributed by atoms with E-state index in [2.05, 4.69) is 15.9 Å². The fourth-order valence-corrected chi connectivity index (χ4v) is 2.80. The first-order valence-electron chi connectivity index (χ1n) is 5.82. The van der Waals surface area contributed by atoms with Gasteiger partial charge in [0.2, 0.25) is 5.91 Å². The average molecular weight is 276 g/mol. The Balaban J connectivity index is 1.63. The first-order valence-corrected chi connectivity index (χ1v) is 6.73. The van der Waals surface area contributed by atoms with E-state index in [-0.39, 0.29) is 10.7 Å². The standard InChI is InChI=1S/C11H18BrNO2/c12-10-5-6-13(11(10)14)7-8-15-9-3-1-2-4-9/h9-10H,1-8H2. The molecule has 2 aliphatic rings. The van der Waals surface area contributed by atoms with Crippen molar-refractivity contribution in [2.45, 2.75) is 43.0 Å². The van der Waals surface area contributed by atoms with E-state index < -0.39 is 0 Å². The van der Waals surface area contributed by atoms with Crippen molar-refractivity contribution < 1.29 is 9.53 Å². The van der Waals surface area contributed by atoms with Gasteiger partial charge in [-0.15, -0.1) is 0 Å². The molecule has 2 fully saturated rings. The molecule has 0 bridgehead atoms. The molecule has 0 aromatic rings. The summed E-state index contributed by atoms with van der Waals surface area (Å²) in [7, 11) is 0. The topological polar surface area (TPSA) is 29.5 Å². The number of rotatable bonds is 4. The van der Waals surface area contributed by atoms with E-state index >= 15 is 0 Å². The summed E-state index contributed by atoms with van der Waals surface area (Å²) in [6.45, 7) is 2.34. The van der Waals surface area contributed by atoms with Crippen LogP contribution in [0.4, 0.5) is 0 Å². The number of carbonyl (C=O) groups is 1. The highest BCUT2D eigenvalue weighted by Gasteiger charge is 2.29. The minimum Gasteiger partial charge on any atom is -0.376 e. The van der Waals surface area contributed by atoms with Crippen molar-refractivity contribution in [1.29, 1.82) is 0 Å². The highest BCUT2D eigenvalue weighted by Crippen LogP contribution is 2.21. The van der Waals surface area contributed by atoms with Gasteiger partial charge in [-0.2, -0.15) is 0 Å². The molecule has 0 N–H and O–H groups in total. The summed E-state index contributed by atoms with van der Waals surface area (Å²) in [5.74, 6) is 0.227. The lowest BCUT2D eigenvalue weighted by molar-refractivity contribution is -0.128. The lowest BCUT2D eigenvalue weighted by Crippen LogP contribution is -2.31. The van der Waals surface area contributed by atoms with Crippen molar-refractivity contribution in [3.05, 3.63) is 0 Å².